The molecule has 0 unspecified atom stereocenters. The van der Waals surface area contributed by atoms with Crippen LogP contribution in [0.15, 0.2) is 0 Å². The van der Waals surface area contributed by atoms with Gasteiger partial charge in [0, 0.05) is 0 Å². The van der Waals surface area contributed by atoms with Crippen LogP contribution in [0.25, 0.3) is 0 Å². The molecule has 0 saturated heterocycles. The summed E-state index contributed by atoms with van der Waals surface area (Å²) in [5.41, 5.74) is -1.84. The molecule has 11 nitrogen and oxygen atoms in total. The zero-order chi connectivity index (χ0) is 14.7. The maximum Gasteiger partial charge on any atom is 0.468 e. The molecule has 0 saturated carbocycles. The van der Waals surface area contributed by atoms with Gasteiger partial charge < -0.3 is 14.9 Å². The number of hydrogen-bond donors (Lipinski definition) is 0. The molecule has 0 aromatic carbocycles. The van der Waals surface area contributed by atoms with E-state index in [1.54, 1.807) is 0 Å². The van der Waals surface area contributed by atoms with E-state index in [1.807, 2.05) is 0 Å². The quantitative estimate of drug-likeness (QED) is 0.415. The van der Waals surface area contributed by atoms with Crippen molar-refractivity contribution in [2.45, 2.75) is 13.5 Å². The minimum atomic E-state index is -1.19. The number of methoxy groups -OCH3 is 1. The number of ketones is 1. The Kier molecular flexibility index (Phi) is 3.89. The van der Waals surface area contributed by atoms with Crippen LogP contribution < -0.4 is 0 Å². The topological polar surface area (TPSA) is 147 Å². The lowest BCUT2D eigenvalue weighted by Gasteiger charge is -1.98. The lowest BCUT2D eigenvalue weighted by Crippen LogP contribution is -2.16. The van der Waals surface area contributed by atoms with Gasteiger partial charge in [-0.1, -0.05) is 0 Å². The second kappa shape index (κ2) is 5.20. The van der Waals surface area contributed by atoms with Gasteiger partial charge in [0.1, 0.15) is 6.54 Å². The van der Waals surface area contributed by atoms with Gasteiger partial charge in [-0.3, -0.25) is 14.9 Å². The first-order valence-corrected chi connectivity index (χ1v) is 4.77. The Morgan fingerprint density at radius 3 is 2.26 bits per heavy atom. The molecule has 0 aliphatic rings. The van der Waals surface area contributed by atoms with E-state index in [0.717, 1.165) is 14.0 Å². The molecule has 0 N–H and O–H groups in total. The second-order valence-electron chi connectivity index (χ2n) is 3.39. The van der Waals surface area contributed by atoms with Crippen molar-refractivity contribution in [1.82, 2.24) is 9.78 Å². The van der Waals surface area contributed by atoms with E-state index in [0.29, 0.717) is 4.68 Å². The minimum absolute atomic E-state index is 0.488. The summed E-state index contributed by atoms with van der Waals surface area (Å²) < 4.78 is 4.89. The van der Waals surface area contributed by atoms with Crippen LogP contribution in [0.5, 0.6) is 0 Å². The van der Waals surface area contributed by atoms with Crippen LogP contribution in [0.3, 0.4) is 0 Å². The SMILES string of the molecule is COC(=O)c1c([N+](=O)[O-])c([N+](=O)[O-])nn1CC(C)=O. The molecule has 0 atom stereocenters. The number of carbonyl (C=O) groups excluding carboxylic acids is 2. The molecule has 102 valence electrons. The highest BCUT2D eigenvalue weighted by Crippen LogP contribution is 2.30. The van der Waals surface area contributed by atoms with E-state index in [1.165, 1.54) is 0 Å². The highest BCUT2D eigenvalue weighted by atomic mass is 16.6. The largest absolute Gasteiger partial charge is 0.468 e. The average molecular weight is 272 g/mol. The van der Waals surface area contributed by atoms with E-state index >= 15 is 0 Å². The molecule has 1 aromatic heterocycles. The zero-order valence-corrected chi connectivity index (χ0v) is 9.85. The summed E-state index contributed by atoms with van der Waals surface area (Å²) in [5.74, 6) is -2.79. The molecule has 0 aliphatic carbocycles. The molecule has 19 heavy (non-hydrogen) atoms. The first-order valence-electron chi connectivity index (χ1n) is 4.77. The number of carbonyl (C=O) groups is 2. The van der Waals surface area contributed by atoms with Crippen LogP contribution in [-0.2, 0) is 16.1 Å². The van der Waals surface area contributed by atoms with E-state index in [4.69, 9.17) is 0 Å². The van der Waals surface area contributed by atoms with Gasteiger partial charge in [-0.25, -0.2) is 4.79 Å². The fourth-order valence-corrected chi connectivity index (χ4v) is 1.35. The van der Waals surface area contributed by atoms with E-state index in [2.05, 4.69) is 9.84 Å². The third kappa shape index (κ3) is 2.70. The van der Waals surface area contributed by atoms with Crippen molar-refractivity contribution in [3.8, 4) is 0 Å². The summed E-state index contributed by atoms with van der Waals surface area (Å²) >= 11 is 0. The van der Waals surface area contributed by atoms with Gasteiger partial charge >= 0.3 is 17.5 Å². The maximum atomic E-state index is 11.5. The molecular formula is C8H8N4O7. The third-order valence-electron chi connectivity index (χ3n) is 2.02. The van der Waals surface area contributed by atoms with Gasteiger partial charge in [0.15, 0.2) is 5.78 Å². The van der Waals surface area contributed by atoms with Crippen molar-refractivity contribution in [1.29, 1.82) is 0 Å². The maximum absolute atomic E-state index is 11.5. The zero-order valence-electron chi connectivity index (χ0n) is 9.85. The first-order chi connectivity index (χ1) is 8.79. The summed E-state index contributed by atoms with van der Waals surface area (Å²) in [6.07, 6.45) is 0. The van der Waals surface area contributed by atoms with Gasteiger partial charge in [-0.05, 0) is 11.8 Å². The van der Waals surface area contributed by atoms with Crippen LogP contribution >= 0.6 is 0 Å². The molecule has 1 rings (SSSR count). The second-order valence-corrected chi connectivity index (χ2v) is 3.39. The van der Waals surface area contributed by atoms with E-state index in [9.17, 15) is 29.8 Å². The van der Waals surface area contributed by atoms with Gasteiger partial charge in [-0.15, -0.1) is 0 Å². The summed E-state index contributed by atoms with van der Waals surface area (Å²) in [6, 6.07) is 0. The number of Topliss-reactive ketones (excluding diaryl/α,β-unsaturated/α-hetero) is 1. The highest BCUT2D eigenvalue weighted by Gasteiger charge is 2.41. The predicted molar refractivity (Wildman–Crippen MR) is 57.6 cm³/mol. The smallest absolute Gasteiger partial charge is 0.464 e. The Morgan fingerprint density at radius 1 is 1.32 bits per heavy atom. The van der Waals surface area contributed by atoms with Crippen LogP contribution in [0.2, 0.25) is 0 Å². The van der Waals surface area contributed by atoms with Gasteiger partial charge in [0.2, 0.25) is 0 Å². The Hall–Kier alpha value is -2.85. The summed E-state index contributed by atoms with van der Waals surface area (Å²) in [6.45, 7) is 0.625. The molecule has 0 spiro atoms. The Morgan fingerprint density at radius 2 is 1.89 bits per heavy atom. The fourth-order valence-electron chi connectivity index (χ4n) is 1.35. The average Bonchev–Trinajstić information content (AvgIpc) is 2.66. The molecule has 11 heteroatoms. The highest BCUT2D eigenvalue weighted by molar-refractivity contribution is 5.94. The third-order valence-corrected chi connectivity index (χ3v) is 2.02. The standard InChI is InChI=1S/C8H8N4O7/c1-4(13)3-10-6(8(14)19-2)5(11(15)16)7(9-10)12(17)18/h3H2,1-2H3. The van der Waals surface area contributed by atoms with Gasteiger partial charge in [-0.2, -0.15) is 4.68 Å². The lowest BCUT2D eigenvalue weighted by atomic mass is 10.3. The number of ether oxygens (including phenoxy) is 1. The molecule has 0 bridgehead atoms. The van der Waals surface area contributed by atoms with E-state index < -0.39 is 45.3 Å². The normalized spacial score (nSPS) is 10.0. The number of rotatable bonds is 5. The van der Waals surface area contributed by atoms with Crippen LogP contribution in [-0.4, -0.2) is 38.5 Å². The van der Waals surface area contributed by atoms with Crippen LogP contribution in [0.1, 0.15) is 17.4 Å². The summed E-state index contributed by atoms with van der Waals surface area (Å²) in [5, 5.41) is 24.8. The van der Waals surface area contributed by atoms with Gasteiger partial charge in [0.05, 0.1) is 17.1 Å². The predicted octanol–water partition coefficient (Wildman–Crippen LogP) is 0.0751. The Bertz CT molecular complexity index is 576. The number of esters is 1. The Balaban J connectivity index is 3.59. The molecule has 1 heterocycles. The summed E-state index contributed by atoms with van der Waals surface area (Å²) in [4.78, 5) is 41.7. The van der Waals surface area contributed by atoms with Crippen molar-refractivity contribution < 1.29 is 24.2 Å². The number of nitrogens with zero attached hydrogens (tertiary/aromatic N) is 4. The monoisotopic (exact) mass is 272 g/mol. The molecule has 0 amide bonds. The molecule has 0 aliphatic heterocycles. The number of hydrogen-bond acceptors (Lipinski definition) is 8. The molecular weight excluding hydrogens is 264 g/mol. The van der Waals surface area contributed by atoms with Crippen LogP contribution in [0.4, 0.5) is 11.5 Å². The first kappa shape index (κ1) is 14.2. The molecule has 1 aromatic rings. The van der Waals surface area contributed by atoms with Crippen molar-refractivity contribution in [3.05, 3.63) is 25.9 Å². The van der Waals surface area contributed by atoms with E-state index in [-0.39, 0.29) is 0 Å². The van der Waals surface area contributed by atoms with Gasteiger partial charge in [0.25, 0.3) is 5.69 Å². The number of nitro groups is 2. The van der Waals surface area contributed by atoms with Crippen molar-refractivity contribution in [2.24, 2.45) is 0 Å². The lowest BCUT2D eigenvalue weighted by molar-refractivity contribution is -0.424. The summed E-state index contributed by atoms with van der Waals surface area (Å²) in [7, 11) is 0.947. The Labute approximate surface area is 105 Å². The van der Waals surface area contributed by atoms with Crippen molar-refractivity contribution in [3.63, 3.8) is 0 Å². The number of aromatic nitrogens is 2. The van der Waals surface area contributed by atoms with Crippen molar-refractivity contribution in [2.75, 3.05) is 7.11 Å². The fraction of sp³-hybridized carbons (Fsp3) is 0.375. The molecule has 0 radical (unpaired) electrons. The molecule has 0 fully saturated rings. The van der Waals surface area contributed by atoms with Crippen LogP contribution in [0, 0.1) is 20.2 Å². The minimum Gasteiger partial charge on any atom is -0.464 e. The van der Waals surface area contributed by atoms with Crippen molar-refractivity contribution >= 4 is 23.3 Å².